The molecular weight excluding hydrogens is 277 g/mol. The van der Waals surface area contributed by atoms with Gasteiger partial charge in [-0.25, -0.2) is 4.39 Å². The summed E-state index contributed by atoms with van der Waals surface area (Å²) in [5.41, 5.74) is 2.71. The van der Waals surface area contributed by atoms with Crippen molar-refractivity contribution in [3.63, 3.8) is 0 Å². The fourth-order valence-corrected chi connectivity index (χ4v) is 2.31. The van der Waals surface area contributed by atoms with Crippen molar-refractivity contribution in [2.75, 3.05) is 5.32 Å². The van der Waals surface area contributed by atoms with Gasteiger partial charge in [-0.2, -0.15) is 5.10 Å². The Morgan fingerprint density at radius 3 is 2.95 bits per heavy atom. The lowest BCUT2D eigenvalue weighted by Gasteiger charge is -2.16. The molecule has 0 radical (unpaired) electrons. The van der Waals surface area contributed by atoms with Crippen LogP contribution in [0.2, 0.25) is 5.02 Å². The van der Waals surface area contributed by atoms with E-state index in [1.165, 1.54) is 6.07 Å². The summed E-state index contributed by atoms with van der Waals surface area (Å²) < 4.78 is 13.5. The summed E-state index contributed by atoms with van der Waals surface area (Å²) in [4.78, 5) is 0. The molecule has 0 aliphatic rings. The van der Waals surface area contributed by atoms with Crippen LogP contribution >= 0.6 is 11.6 Å². The lowest BCUT2D eigenvalue weighted by Crippen LogP contribution is -2.07. The maximum atomic E-state index is 13.5. The molecule has 102 valence electrons. The van der Waals surface area contributed by atoms with E-state index in [-0.39, 0.29) is 11.1 Å². The number of benzene rings is 2. The number of hydrogen-bond acceptors (Lipinski definition) is 2. The van der Waals surface area contributed by atoms with E-state index >= 15 is 0 Å². The highest BCUT2D eigenvalue weighted by molar-refractivity contribution is 6.30. The van der Waals surface area contributed by atoms with E-state index in [1.807, 2.05) is 31.2 Å². The summed E-state index contributed by atoms with van der Waals surface area (Å²) in [6.45, 7) is 1.97. The van der Waals surface area contributed by atoms with Crippen molar-refractivity contribution in [3.05, 3.63) is 59.0 Å². The zero-order valence-corrected chi connectivity index (χ0v) is 11.6. The van der Waals surface area contributed by atoms with Crippen molar-refractivity contribution >= 4 is 28.2 Å². The molecule has 5 heteroatoms. The summed E-state index contributed by atoms with van der Waals surface area (Å²) >= 11 is 5.70. The molecular formula is C15H13ClFN3. The molecule has 0 aliphatic carbocycles. The Labute approximate surface area is 120 Å². The zero-order chi connectivity index (χ0) is 14.1. The van der Waals surface area contributed by atoms with Gasteiger partial charge < -0.3 is 5.32 Å². The quantitative estimate of drug-likeness (QED) is 0.744. The highest BCUT2D eigenvalue weighted by atomic mass is 35.5. The largest absolute Gasteiger partial charge is 0.377 e. The molecule has 2 N–H and O–H groups in total. The molecule has 1 atom stereocenters. The Morgan fingerprint density at radius 1 is 1.30 bits per heavy atom. The molecule has 0 spiro atoms. The molecule has 20 heavy (non-hydrogen) atoms. The lowest BCUT2D eigenvalue weighted by atomic mass is 10.1. The fourth-order valence-electron chi connectivity index (χ4n) is 2.19. The molecule has 0 amide bonds. The van der Waals surface area contributed by atoms with Crippen molar-refractivity contribution in [2.24, 2.45) is 0 Å². The van der Waals surface area contributed by atoms with Gasteiger partial charge in [-0.3, -0.25) is 5.10 Å². The standard InChI is InChI=1S/C15H13ClFN3/c1-9(10-5-6-12(16)13(17)7-10)19-14-4-2-3-11-8-18-20-15(11)14/h2-9,19H,1H3,(H,18,20). The van der Waals surface area contributed by atoms with Crippen LogP contribution in [-0.4, -0.2) is 10.2 Å². The summed E-state index contributed by atoms with van der Waals surface area (Å²) in [7, 11) is 0. The monoisotopic (exact) mass is 289 g/mol. The number of fused-ring (bicyclic) bond motifs is 1. The number of nitrogens with zero attached hydrogens (tertiary/aromatic N) is 1. The highest BCUT2D eigenvalue weighted by Crippen LogP contribution is 2.26. The Kier molecular flexibility index (Phi) is 3.32. The van der Waals surface area contributed by atoms with Gasteiger partial charge in [-0.05, 0) is 30.7 Å². The number of halogens is 2. The Balaban J connectivity index is 1.90. The van der Waals surface area contributed by atoms with Gasteiger partial charge in [0.15, 0.2) is 0 Å². The minimum atomic E-state index is -0.405. The second-order valence-electron chi connectivity index (χ2n) is 4.68. The maximum absolute atomic E-state index is 13.5. The normalized spacial score (nSPS) is 12.6. The number of hydrogen-bond donors (Lipinski definition) is 2. The van der Waals surface area contributed by atoms with Crippen LogP contribution < -0.4 is 5.32 Å². The predicted octanol–water partition coefficient (Wildman–Crippen LogP) is 4.53. The topological polar surface area (TPSA) is 40.7 Å². The SMILES string of the molecule is CC(Nc1cccc2cn[nH]c12)c1ccc(Cl)c(F)c1. The van der Waals surface area contributed by atoms with Crippen LogP contribution in [0.15, 0.2) is 42.6 Å². The summed E-state index contributed by atoms with van der Waals surface area (Å²) in [6, 6.07) is 10.7. The van der Waals surface area contributed by atoms with Crippen LogP contribution in [0.1, 0.15) is 18.5 Å². The first-order chi connectivity index (χ1) is 9.65. The van der Waals surface area contributed by atoms with Crippen LogP contribution in [0.5, 0.6) is 0 Å². The lowest BCUT2D eigenvalue weighted by molar-refractivity contribution is 0.624. The smallest absolute Gasteiger partial charge is 0.142 e. The van der Waals surface area contributed by atoms with Crippen LogP contribution in [0.3, 0.4) is 0 Å². The zero-order valence-electron chi connectivity index (χ0n) is 10.8. The van der Waals surface area contributed by atoms with Gasteiger partial charge in [-0.15, -0.1) is 0 Å². The van der Waals surface area contributed by atoms with Crippen molar-refractivity contribution in [1.29, 1.82) is 0 Å². The predicted molar refractivity (Wildman–Crippen MR) is 79.5 cm³/mol. The number of nitrogens with one attached hydrogen (secondary N) is 2. The van der Waals surface area contributed by atoms with Crippen LogP contribution in [0, 0.1) is 5.82 Å². The molecule has 0 fully saturated rings. The molecule has 2 aromatic carbocycles. The van der Waals surface area contributed by atoms with Gasteiger partial charge in [-0.1, -0.05) is 29.8 Å². The van der Waals surface area contributed by atoms with E-state index in [9.17, 15) is 4.39 Å². The maximum Gasteiger partial charge on any atom is 0.142 e. The van der Waals surface area contributed by atoms with E-state index in [4.69, 9.17) is 11.6 Å². The Bertz CT molecular complexity index is 754. The van der Waals surface area contributed by atoms with Crippen molar-refractivity contribution in [1.82, 2.24) is 10.2 Å². The van der Waals surface area contributed by atoms with E-state index in [2.05, 4.69) is 15.5 Å². The number of anilines is 1. The highest BCUT2D eigenvalue weighted by Gasteiger charge is 2.10. The molecule has 3 aromatic rings. The first-order valence-electron chi connectivity index (χ1n) is 6.29. The van der Waals surface area contributed by atoms with Crippen LogP contribution in [0.25, 0.3) is 10.9 Å². The molecule has 0 saturated carbocycles. The number of rotatable bonds is 3. The van der Waals surface area contributed by atoms with E-state index in [0.717, 1.165) is 22.2 Å². The van der Waals surface area contributed by atoms with Gasteiger partial charge in [0.05, 0.1) is 22.4 Å². The first kappa shape index (κ1) is 12.9. The molecule has 0 saturated heterocycles. The van der Waals surface area contributed by atoms with Gasteiger partial charge >= 0.3 is 0 Å². The summed E-state index contributed by atoms with van der Waals surface area (Å²) in [5, 5.41) is 11.5. The van der Waals surface area contributed by atoms with Crippen molar-refractivity contribution in [3.8, 4) is 0 Å². The summed E-state index contributed by atoms with van der Waals surface area (Å²) in [6.07, 6.45) is 1.77. The second-order valence-corrected chi connectivity index (χ2v) is 5.09. The van der Waals surface area contributed by atoms with Crippen molar-refractivity contribution in [2.45, 2.75) is 13.0 Å². The Hall–Kier alpha value is -2.07. The van der Waals surface area contributed by atoms with Crippen LogP contribution in [-0.2, 0) is 0 Å². The minimum absolute atomic E-state index is 0.0457. The third-order valence-electron chi connectivity index (χ3n) is 3.29. The third-order valence-corrected chi connectivity index (χ3v) is 3.60. The average molecular weight is 290 g/mol. The van der Waals surface area contributed by atoms with Crippen molar-refractivity contribution < 1.29 is 4.39 Å². The average Bonchev–Trinajstić information content (AvgIpc) is 2.91. The summed E-state index contributed by atoms with van der Waals surface area (Å²) in [5.74, 6) is -0.405. The number of H-pyrrole nitrogens is 1. The van der Waals surface area contributed by atoms with E-state index in [0.29, 0.717) is 0 Å². The molecule has 1 heterocycles. The first-order valence-corrected chi connectivity index (χ1v) is 6.66. The molecule has 1 unspecified atom stereocenters. The number of aromatic nitrogens is 2. The fraction of sp³-hybridized carbons (Fsp3) is 0.133. The minimum Gasteiger partial charge on any atom is -0.377 e. The van der Waals surface area contributed by atoms with E-state index < -0.39 is 5.82 Å². The number of para-hydroxylation sites is 1. The van der Waals surface area contributed by atoms with Gasteiger partial charge in [0, 0.05) is 11.4 Å². The van der Waals surface area contributed by atoms with Gasteiger partial charge in [0.25, 0.3) is 0 Å². The van der Waals surface area contributed by atoms with Gasteiger partial charge in [0.1, 0.15) is 5.82 Å². The third kappa shape index (κ3) is 2.34. The molecule has 0 aliphatic heterocycles. The molecule has 1 aromatic heterocycles. The number of aromatic amines is 1. The van der Waals surface area contributed by atoms with E-state index in [1.54, 1.807) is 12.3 Å². The van der Waals surface area contributed by atoms with Gasteiger partial charge in [0.2, 0.25) is 0 Å². The Morgan fingerprint density at radius 2 is 2.15 bits per heavy atom. The molecule has 0 bridgehead atoms. The van der Waals surface area contributed by atoms with Crippen LogP contribution in [0.4, 0.5) is 10.1 Å². The molecule has 3 rings (SSSR count). The molecule has 3 nitrogen and oxygen atoms in total. The second kappa shape index (κ2) is 5.13.